The van der Waals surface area contributed by atoms with Crippen molar-refractivity contribution in [3.63, 3.8) is 0 Å². The van der Waals surface area contributed by atoms with Crippen LogP contribution in [0, 0.1) is 5.92 Å². The summed E-state index contributed by atoms with van der Waals surface area (Å²) >= 11 is 0. The van der Waals surface area contributed by atoms with Gasteiger partial charge in [0.15, 0.2) is 0 Å². The van der Waals surface area contributed by atoms with E-state index in [0.717, 1.165) is 24.6 Å². The lowest BCUT2D eigenvalue weighted by atomic mass is 9.91. The monoisotopic (exact) mass is 248 g/mol. The summed E-state index contributed by atoms with van der Waals surface area (Å²) in [7, 11) is 1.73. The van der Waals surface area contributed by atoms with Crippen LogP contribution in [-0.4, -0.2) is 18.6 Å². The Balaban J connectivity index is 2.20. The first kappa shape index (κ1) is 13.3. The maximum absolute atomic E-state index is 5.46. The molecule has 0 aliphatic heterocycles. The highest BCUT2D eigenvalue weighted by atomic mass is 16.5. The minimum Gasteiger partial charge on any atom is -0.495 e. The summed E-state index contributed by atoms with van der Waals surface area (Å²) in [4.78, 5) is 4.15. The van der Waals surface area contributed by atoms with Gasteiger partial charge in [0.25, 0.3) is 0 Å². The summed E-state index contributed by atoms with van der Waals surface area (Å²) in [6, 6.07) is 2.52. The predicted molar refractivity (Wildman–Crippen MR) is 73.8 cm³/mol. The number of rotatable bonds is 6. The lowest BCUT2D eigenvalue weighted by molar-refractivity contribution is 0.344. The summed E-state index contributed by atoms with van der Waals surface area (Å²) in [5.41, 5.74) is 1.27. The van der Waals surface area contributed by atoms with Crippen molar-refractivity contribution in [1.82, 2.24) is 10.3 Å². The molecule has 1 aliphatic rings. The Hall–Kier alpha value is -1.09. The molecular formula is C15H24N2O. The fraction of sp³-hybridized carbons (Fsp3) is 0.667. The molecule has 1 aromatic heterocycles. The SMILES string of the molecule is CCCNC(c1ccncc1OC)C1CCCC1. The molecule has 0 spiro atoms. The van der Waals surface area contributed by atoms with E-state index in [9.17, 15) is 0 Å². The molecule has 0 aromatic carbocycles. The van der Waals surface area contributed by atoms with E-state index < -0.39 is 0 Å². The second kappa shape index (κ2) is 6.74. The molecule has 1 atom stereocenters. The Morgan fingerprint density at radius 2 is 2.22 bits per heavy atom. The minimum absolute atomic E-state index is 0.422. The number of hydrogen-bond donors (Lipinski definition) is 1. The highest BCUT2D eigenvalue weighted by Crippen LogP contribution is 2.38. The van der Waals surface area contributed by atoms with Gasteiger partial charge in [-0.1, -0.05) is 19.8 Å². The van der Waals surface area contributed by atoms with Gasteiger partial charge in [-0.05, 0) is 37.8 Å². The van der Waals surface area contributed by atoms with Gasteiger partial charge in [0.2, 0.25) is 0 Å². The molecule has 1 saturated carbocycles. The van der Waals surface area contributed by atoms with Crippen molar-refractivity contribution in [2.24, 2.45) is 5.92 Å². The van der Waals surface area contributed by atoms with Gasteiger partial charge in [-0.3, -0.25) is 4.98 Å². The zero-order chi connectivity index (χ0) is 12.8. The van der Waals surface area contributed by atoms with Crippen LogP contribution in [0.1, 0.15) is 50.6 Å². The maximum Gasteiger partial charge on any atom is 0.141 e. The summed E-state index contributed by atoms with van der Waals surface area (Å²) in [6.07, 6.45) is 10.2. The molecule has 1 heterocycles. The van der Waals surface area contributed by atoms with Crippen molar-refractivity contribution < 1.29 is 4.74 Å². The van der Waals surface area contributed by atoms with Crippen LogP contribution in [0.3, 0.4) is 0 Å². The third-order valence-corrected chi connectivity index (χ3v) is 3.86. The second-order valence-corrected chi connectivity index (χ2v) is 5.09. The second-order valence-electron chi connectivity index (χ2n) is 5.09. The zero-order valence-electron chi connectivity index (χ0n) is 11.5. The van der Waals surface area contributed by atoms with Crippen molar-refractivity contribution in [1.29, 1.82) is 0 Å². The fourth-order valence-corrected chi connectivity index (χ4v) is 2.94. The first-order valence-corrected chi connectivity index (χ1v) is 7.08. The summed E-state index contributed by atoms with van der Waals surface area (Å²) in [6.45, 7) is 3.27. The third-order valence-electron chi connectivity index (χ3n) is 3.86. The average molecular weight is 248 g/mol. The van der Waals surface area contributed by atoms with Crippen LogP contribution in [0.2, 0.25) is 0 Å². The largest absolute Gasteiger partial charge is 0.495 e. The first-order valence-electron chi connectivity index (χ1n) is 7.08. The minimum atomic E-state index is 0.422. The van der Waals surface area contributed by atoms with E-state index in [1.807, 2.05) is 12.4 Å². The summed E-state index contributed by atoms with van der Waals surface area (Å²) < 4.78 is 5.46. The number of pyridine rings is 1. The first-order chi connectivity index (χ1) is 8.86. The van der Waals surface area contributed by atoms with Gasteiger partial charge in [0.1, 0.15) is 5.75 Å². The highest BCUT2D eigenvalue weighted by Gasteiger charge is 2.27. The lowest BCUT2D eigenvalue weighted by Crippen LogP contribution is -2.28. The summed E-state index contributed by atoms with van der Waals surface area (Å²) in [5.74, 6) is 1.66. The molecule has 1 aromatic rings. The number of nitrogens with one attached hydrogen (secondary N) is 1. The molecule has 0 amide bonds. The van der Waals surface area contributed by atoms with Crippen LogP contribution in [0.15, 0.2) is 18.5 Å². The van der Waals surface area contributed by atoms with E-state index in [4.69, 9.17) is 4.74 Å². The number of aromatic nitrogens is 1. The molecule has 3 nitrogen and oxygen atoms in total. The number of ether oxygens (including phenoxy) is 1. The standard InChI is InChI=1S/C15H24N2O/c1-3-9-17-15(12-6-4-5-7-12)13-8-10-16-11-14(13)18-2/h8,10-12,15,17H,3-7,9H2,1-2H3. The molecule has 18 heavy (non-hydrogen) atoms. The van der Waals surface area contributed by atoms with Gasteiger partial charge in [0.05, 0.1) is 13.3 Å². The van der Waals surface area contributed by atoms with E-state index in [1.54, 1.807) is 7.11 Å². The Morgan fingerprint density at radius 1 is 1.44 bits per heavy atom. The van der Waals surface area contributed by atoms with E-state index >= 15 is 0 Å². The molecule has 3 heteroatoms. The zero-order valence-corrected chi connectivity index (χ0v) is 11.5. The molecule has 0 radical (unpaired) electrons. The van der Waals surface area contributed by atoms with Gasteiger partial charge in [-0.2, -0.15) is 0 Å². The number of nitrogens with zero attached hydrogens (tertiary/aromatic N) is 1. The van der Waals surface area contributed by atoms with E-state index in [1.165, 1.54) is 31.2 Å². The molecule has 2 rings (SSSR count). The van der Waals surface area contributed by atoms with Gasteiger partial charge < -0.3 is 10.1 Å². The Bertz CT molecular complexity index is 361. The van der Waals surface area contributed by atoms with Crippen LogP contribution >= 0.6 is 0 Å². The molecule has 1 fully saturated rings. The van der Waals surface area contributed by atoms with Crippen LogP contribution in [0.25, 0.3) is 0 Å². The Morgan fingerprint density at radius 3 is 2.89 bits per heavy atom. The van der Waals surface area contributed by atoms with Gasteiger partial charge >= 0.3 is 0 Å². The van der Waals surface area contributed by atoms with E-state index in [0.29, 0.717) is 6.04 Å². The lowest BCUT2D eigenvalue weighted by Gasteiger charge is -2.26. The smallest absolute Gasteiger partial charge is 0.141 e. The fourth-order valence-electron chi connectivity index (χ4n) is 2.94. The quantitative estimate of drug-likeness (QED) is 0.838. The van der Waals surface area contributed by atoms with Crippen LogP contribution in [0.4, 0.5) is 0 Å². The predicted octanol–water partition coefficient (Wildman–Crippen LogP) is 3.32. The van der Waals surface area contributed by atoms with Crippen molar-refractivity contribution in [3.8, 4) is 5.75 Å². The molecule has 100 valence electrons. The van der Waals surface area contributed by atoms with Crippen molar-refractivity contribution >= 4 is 0 Å². The van der Waals surface area contributed by atoms with Gasteiger partial charge in [-0.15, -0.1) is 0 Å². The maximum atomic E-state index is 5.46. The summed E-state index contributed by atoms with van der Waals surface area (Å²) in [5, 5.41) is 3.69. The van der Waals surface area contributed by atoms with Crippen molar-refractivity contribution in [3.05, 3.63) is 24.0 Å². The molecule has 0 bridgehead atoms. The van der Waals surface area contributed by atoms with Crippen molar-refractivity contribution in [2.45, 2.75) is 45.1 Å². The molecular weight excluding hydrogens is 224 g/mol. The average Bonchev–Trinajstić information content (AvgIpc) is 2.94. The Kier molecular flexibility index (Phi) is 5.00. The Labute approximate surface area is 110 Å². The topological polar surface area (TPSA) is 34.2 Å². The van der Waals surface area contributed by atoms with Crippen molar-refractivity contribution in [2.75, 3.05) is 13.7 Å². The van der Waals surface area contributed by atoms with E-state index in [-0.39, 0.29) is 0 Å². The normalized spacial score (nSPS) is 17.9. The molecule has 1 N–H and O–H groups in total. The van der Waals surface area contributed by atoms with Crippen LogP contribution < -0.4 is 10.1 Å². The van der Waals surface area contributed by atoms with E-state index in [2.05, 4.69) is 23.3 Å². The molecule has 1 unspecified atom stereocenters. The third kappa shape index (κ3) is 3.02. The van der Waals surface area contributed by atoms with Gasteiger partial charge in [0, 0.05) is 17.8 Å². The van der Waals surface area contributed by atoms with Crippen LogP contribution in [-0.2, 0) is 0 Å². The number of methoxy groups -OCH3 is 1. The highest BCUT2D eigenvalue weighted by molar-refractivity contribution is 5.33. The van der Waals surface area contributed by atoms with Gasteiger partial charge in [-0.25, -0.2) is 0 Å². The number of hydrogen-bond acceptors (Lipinski definition) is 3. The molecule has 1 aliphatic carbocycles. The van der Waals surface area contributed by atoms with Crippen LogP contribution in [0.5, 0.6) is 5.75 Å². The molecule has 0 saturated heterocycles.